The van der Waals surface area contributed by atoms with Gasteiger partial charge in [0.05, 0.1) is 15.5 Å². The van der Waals surface area contributed by atoms with Crippen LogP contribution in [0.1, 0.15) is 0 Å². The molecular formula is C14H12BrN3O5S. The Morgan fingerprint density at radius 1 is 1.21 bits per heavy atom. The average Bonchev–Trinajstić information content (AvgIpc) is 2.53. The highest BCUT2D eigenvalue weighted by Gasteiger charge is 2.27. The zero-order valence-corrected chi connectivity index (χ0v) is 14.5. The Morgan fingerprint density at radius 3 is 2.38 bits per heavy atom. The molecule has 10 heteroatoms. The van der Waals surface area contributed by atoms with E-state index in [4.69, 9.17) is 5.73 Å². The fraction of sp³-hybridized carbons (Fsp3) is 0.0714. The van der Waals surface area contributed by atoms with Gasteiger partial charge in [-0.2, -0.15) is 0 Å². The Labute approximate surface area is 146 Å². The number of carbonyl (C=O) groups excluding carboxylic acids is 1. The fourth-order valence-electron chi connectivity index (χ4n) is 1.95. The lowest BCUT2D eigenvalue weighted by Crippen LogP contribution is -2.38. The molecule has 0 fully saturated rings. The summed E-state index contributed by atoms with van der Waals surface area (Å²) in [6.07, 6.45) is 0. The molecule has 8 nitrogen and oxygen atoms in total. The number of hydrogen-bond acceptors (Lipinski definition) is 5. The molecule has 0 aliphatic heterocycles. The number of sulfonamides is 1. The van der Waals surface area contributed by atoms with Crippen molar-refractivity contribution in [3.05, 3.63) is 63.1 Å². The first kappa shape index (κ1) is 17.9. The van der Waals surface area contributed by atoms with Gasteiger partial charge in [-0.1, -0.05) is 22.0 Å². The SMILES string of the molecule is NC(=O)CN(c1ccc(Br)cc1)S(=O)(=O)c1cccc([N+](=O)[O-])c1. The molecule has 0 heterocycles. The van der Waals surface area contributed by atoms with Gasteiger partial charge in [0.2, 0.25) is 5.91 Å². The first-order valence-corrected chi connectivity index (χ1v) is 8.76. The Balaban J connectivity index is 2.55. The van der Waals surface area contributed by atoms with Gasteiger partial charge in [-0.05, 0) is 30.3 Å². The summed E-state index contributed by atoms with van der Waals surface area (Å²) in [6, 6.07) is 10.8. The predicted molar refractivity (Wildman–Crippen MR) is 91.0 cm³/mol. The van der Waals surface area contributed by atoms with E-state index in [2.05, 4.69) is 15.9 Å². The highest BCUT2D eigenvalue weighted by atomic mass is 79.9. The molecule has 2 N–H and O–H groups in total. The number of benzene rings is 2. The molecule has 0 radical (unpaired) electrons. The second-order valence-electron chi connectivity index (χ2n) is 4.71. The van der Waals surface area contributed by atoms with E-state index >= 15 is 0 Å². The minimum atomic E-state index is -4.21. The lowest BCUT2D eigenvalue weighted by atomic mass is 10.3. The third kappa shape index (κ3) is 3.89. The Morgan fingerprint density at radius 2 is 1.83 bits per heavy atom. The van der Waals surface area contributed by atoms with Crippen molar-refractivity contribution in [3.63, 3.8) is 0 Å². The second kappa shape index (κ2) is 6.97. The van der Waals surface area contributed by atoms with Crippen LogP contribution in [0.5, 0.6) is 0 Å². The molecule has 24 heavy (non-hydrogen) atoms. The summed E-state index contributed by atoms with van der Waals surface area (Å²) < 4.78 is 27.2. The van der Waals surface area contributed by atoms with Crippen LogP contribution in [0, 0.1) is 10.1 Å². The van der Waals surface area contributed by atoms with Crippen molar-refractivity contribution in [3.8, 4) is 0 Å². The van der Waals surface area contributed by atoms with Gasteiger partial charge in [-0.3, -0.25) is 19.2 Å². The van der Waals surface area contributed by atoms with E-state index in [0.717, 1.165) is 14.8 Å². The number of primary amides is 1. The van der Waals surface area contributed by atoms with Crippen LogP contribution in [0.2, 0.25) is 0 Å². The minimum Gasteiger partial charge on any atom is -0.368 e. The van der Waals surface area contributed by atoms with Gasteiger partial charge in [-0.15, -0.1) is 0 Å². The van der Waals surface area contributed by atoms with Crippen molar-refractivity contribution in [1.82, 2.24) is 0 Å². The van der Waals surface area contributed by atoms with E-state index in [1.807, 2.05) is 0 Å². The van der Waals surface area contributed by atoms with Crippen molar-refractivity contribution >= 4 is 43.2 Å². The number of amides is 1. The molecule has 0 saturated carbocycles. The van der Waals surface area contributed by atoms with Crippen LogP contribution in [-0.2, 0) is 14.8 Å². The molecule has 2 aromatic carbocycles. The summed E-state index contributed by atoms with van der Waals surface area (Å²) in [7, 11) is -4.21. The number of hydrogen-bond donors (Lipinski definition) is 1. The molecule has 0 saturated heterocycles. The van der Waals surface area contributed by atoms with Gasteiger partial charge in [0, 0.05) is 16.6 Å². The van der Waals surface area contributed by atoms with Crippen molar-refractivity contribution in [1.29, 1.82) is 0 Å². The predicted octanol–water partition coefficient (Wildman–Crippen LogP) is 2.04. The third-order valence-corrected chi connectivity index (χ3v) is 5.33. The fourth-order valence-corrected chi connectivity index (χ4v) is 3.68. The largest absolute Gasteiger partial charge is 0.368 e. The van der Waals surface area contributed by atoms with Crippen LogP contribution in [0.15, 0.2) is 57.9 Å². The van der Waals surface area contributed by atoms with E-state index in [9.17, 15) is 23.3 Å². The van der Waals surface area contributed by atoms with E-state index in [-0.39, 0.29) is 16.3 Å². The molecule has 126 valence electrons. The number of nitro benzene ring substituents is 1. The molecule has 0 spiro atoms. The number of nitrogens with two attached hydrogens (primary N) is 1. The van der Waals surface area contributed by atoms with Gasteiger partial charge in [0.1, 0.15) is 6.54 Å². The molecule has 2 aromatic rings. The summed E-state index contributed by atoms with van der Waals surface area (Å²) in [5.74, 6) is -0.855. The molecule has 0 bridgehead atoms. The van der Waals surface area contributed by atoms with Crippen LogP contribution < -0.4 is 10.0 Å². The van der Waals surface area contributed by atoms with E-state index in [1.54, 1.807) is 12.1 Å². The van der Waals surface area contributed by atoms with Crippen molar-refractivity contribution < 1.29 is 18.1 Å². The summed E-state index contributed by atoms with van der Waals surface area (Å²) in [6.45, 7) is -0.591. The molecule has 0 aromatic heterocycles. The maximum absolute atomic E-state index is 12.8. The number of carbonyl (C=O) groups is 1. The number of rotatable bonds is 6. The second-order valence-corrected chi connectivity index (χ2v) is 7.49. The van der Waals surface area contributed by atoms with E-state index < -0.39 is 27.4 Å². The Hall–Kier alpha value is -2.46. The number of anilines is 1. The number of non-ortho nitro benzene ring substituents is 1. The van der Waals surface area contributed by atoms with Gasteiger partial charge >= 0.3 is 0 Å². The van der Waals surface area contributed by atoms with Crippen molar-refractivity contribution in [2.24, 2.45) is 5.73 Å². The highest BCUT2D eigenvalue weighted by Crippen LogP contribution is 2.26. The molecule has 0 aliphatic carbocycles. The first-order chi connectivity index (χ1) is 11.2. The van der Waals surface area contributed by atoms with Crippen LogP contribution in [0.4, 0.5) is 11.4 Å². The maximum atomic E-state index is 12.8. The summed E-state index contributed by atoms with van der Waals surface area (Å²) >= 11 is 3.23. The molecule has 2 rings (SSSR count). The molecule has 1 amide bonds. The molecule has 0 atom stereocenters. The minimum absolute atomic E-state index is 0.212. The average molecular weight is 414 g/mol. The molecule has 0 aliphatic rings. The summed E-state index contributed by atoms with van der Waals surface area (Å²) in [5.41, 5.74) is 4.99. The standard InChI is InChI=1S/C14H12BrN3O5S/c15-10-4-6-11(7-5-10)17(9-14(16)19)24(22,23)13-3-1-2-12(8-13)18(20)21/h1-8H,9H2,(H2,16,19). The zero-order valence-electron chi connectivity index (χ0n) is 12.1. The normalized spacial score (nSPS) is 11.0. The van der Waals surface area contributed by atoms with Gasteiger partial charge in [0.25, 0.3) is 15.7 Å². The van der Waals surface area contributed by atoms with Crippen LogP contribution in [0.25, 0.3) is 0 Å². The lowest BCUT2D eigenvalue weighted by molar-refractivity contribution is -0.385. The topological polar surface area (TPSA) is 124 Å². The quantitative estimate of drug-likeness (QED) is 0.572. The van der Waals surface area contributed by atoms with Crippen LogP contribution in [0.3, 0.4) is 0 Å². The van der Waals surface area contributed by atoms with Crippen molar-refractivity contribution in [2.45, 2.75) is 4.90 Å². The number of halogens is 1. The smallest absolute Gasteiger partial charge is 0.270 e. The third-order valence-electron chi connectivity index (χ3n) is 3.03. The van der Waals surface area contributed by atoms with E-state index in [1.165, 1.54) is 30.3 Å². The molecule has 0 unspecified atom stereocenters. The molecular weight excluding hydrogens is 402 g/mol. The van der Waals surface area contributed by atoms with Crippen LogP contribution >= 0.6 is 15.9 Å². The summed E-state index contributed by atoms with van der Waals surface area (Å²) in [4.78, 5) is 21.2. The lowest BCUT2D eigenvalue weighted by Gasteiger charge is -2.23. The number of nitro groups is 1. The zero-order chi connectivity index (χ0) is 17.9. The van der Waals surface area contributed by atoms with E-state index in [0.29, 0.717) is 0 Å². The first-order valence-electron chi connectivity index (χ1n) is 6.53. The van der Waals surface area contributed by atoms with Gasteiger partial charge in [-0.25, -0.2) is 8.42 Å². The Bertz CT molecular complexity index is 884. The van der Waals surface area contributed by atoms with Crippen LogP contribution in [-0.4, -0.2) is 25.8 Å². The monoisotopic (exact) mass is 413 g/mol. The highest BCUT2D eigenvalue weighted by molar-refractivity contribution is 9.10. The number of nitrogens with zero attached hydrogens (tertiary/aromatic N) is 2. The summed E-state index contributed by atoms with van der Waals surface area (Å²) in [5, 5.41) is 10.9. The van der Waals surface area contributed by atoms with Crippen molar-refractivity contribution in [2.75, 3.05) is 10.8 Å². The van der Waals surface area contributed by atoms with Gasteiger partial charge < -0.3 is 5.73 Å². The maximum Gasteiger partial charge on any atom is 0.270 e. The van der Waals surface area contributed by atoms with Gasteiger partial charge in [0.15, 0.2) is 0 Å². The Kier molecular flexibility index (Phi) is 5.20.